The van der Waals surface area contributed by atoms with E-state index in [0.29, 0.717) is 11.3 Å². The highest BCUT2D eigenvalue weighted by atomic mass is 19.2. The molecular weight excluding hydrogens is 474 g/mol. The number of hydrogen-bond donors (Lipinski definition) is 2. The van der Waals surface area contributed by atoms with Crippen molar-refractivity contribution in [1.29, 1.82) is 0 Å². The average Bonchev–Trinajstić information content (AvgIpc) is 3.15. The maximum absolute atomic E-state index is 14.4. The van der Waals surface area contributed by atoms with E-state index in [1.807, 2.05) is 0 Å². The molecule has 0 radical (unpaired) electrons. The lowest BCUT2D eigenvalue weighted by Crippen LogP contribution is -2.36. The summed E-state index contributed by atoms with van der Waals surface area (Å²) in [4.78, 5) is 17.6. The molecule has 1 atom stereocenters. The number of hydrogen-bond acceptors (Lipinski definition) is 4. The number of nitrogens with two attached hydrogens (primary N) is 1. The van der Waals surface area contributed by atoms with Gasteiger partial charge in [0.25, 0.3) is 5.91 Å². The first-order valence-corrected chi connectivity index (χ1v) is 11.1. The molecule has 0 spiro atoms. The first kappa shape index (κ1) is 25.3. The molecule has 2 heterocycles. The number of aryl methyl sites for hydroxylation is 1. The van der Waals surface area contributed by atoms with Gasteiger partial charge in [0.15, 0.2) is 38.7 Å². The van der Waals surface area contributed by atoms with Crippen LogP contribution in [-0.4, -0.2) is 37.5 Å². The van der Waals surface area contributed by atoms with Gasteiger partial charge in [0.05, 0.1) is 17.1 Å². The number of halogens is 4. The standard InChI is InChI=1S/C24H22B2F4N4O2/c1-12-21(23(35)33-18(11-31)13-7-8-14(27)17(30)10-13)34-9-3-6-19(22(34)32-12)36-24(25,26)20-15(28)4-2-5-16(20)29/h2-10,18H,11,25-26,31H2,1H3,(H,33,35). The van der Waals surface area contributed by atoms with E-state index in [1.54, 1.807) is 25.3 Å². The van der Waals surface area contributed by atoms with Crippen molar-refractivity contribution in [1.82, 2.24) is 14.7 Å². The number of carbonyl (C=O) groups excluding carboxylic acids is 1. The maximum atomic E-state index is 14.4. The van der Waals surface area contributed by atoms with Gasteiger partial charge in [0.1, 0.15) is 17.3 Å². The monoisotopic (exact) mass is 496 g/mol. The second-order valence-electron chi connectivity index (χ2n) is 8.76. The van der Waals surface area contributed by atoms with Crippen molar-refractivity contribution in [2.75, 3.05) is 6.54 Å². The fraction of sp³-hybridized carbons (Fsp3) is 0.167. The van der Waals surface area contributed by atoms with Crippen LogP contribution < -0.4 is 15.8 Å². The predicted octanol–water partition coefficient (Wildman–Crippen LogP) is 2.08. The van der Waals surface area contributed by atoms with Gasteiger partial charge in [-0.1, -0.05) is 12.1 Å². The molecule has 36 heavy (non-hydrogen) atoms. The molecule has 0 saturated heterocycles. The summed E-state index contributed by atoms with van der Waals surface area (Å²) in [5, 5.41) is 1.31. The van der Waals surface area contributed by atoms with Crippen LogP contribution >= 0.6 is 0 Å². The minimum atomic E-state index is -1.41. The molecule has 1 amide bonds. The second kappa shape index (κ2) is 9.69. The molecule has 6 nitrogen and oxygen atoms in total. The summed E-state index contributed by atoms with van der Waals surface area (Å²) in [5.41, 5.74) is 6.60. The Bertz CT molecular complexity index is 1440. The third-order valence-corrected chi connectivity index (χ3v) is 5.82. The number of ether oxygens (including phenoxy) is 1. The van der Waals surface area contributed by atoms with Crippen LogP contribution in [0.1, 0.15) is 33.4 Å². The summed E-state index contributed by atoms with van der Waals surface area (Å²) in [5.74, 6) is -3.93. The Kier molecular flexibility index (Phi) is 6.81. The van der Waals surface area contributed by atoms with Gasteiger partial charge in [-0.25, -0.2) is 22.5 Å². The number of amides is 1. The van der Waals surface area contributed by atoms with Gasteiger partial charge in [-0.3, -0.25) is 9.20 Å². The van der Waals surface area contributed by atoms with Crippen LogP contribution in [0.15, 0.2) is 54.7 Å². The van der Waals surface area contributed by atoms with Crippen molar-refractivity contribution in [3.63, 3.8) is 0 Å². The predicted molar refractivity (Wildman–Crippen MR) is 131 cm³/mol. The molecule has 0 aliphatic rings. The minimum absolute atomic E-state index is 0.0661. The first-order valence-electron chi connectivity index (χ1n) is 11.1. The Hall–Kier alpha value is -3.79. The van der Waals surface area contributed by atoms with Crippen LogP contribution in [0.25, 0.3) is 5.65 Å². The Labute approximate surface area is 206 Å². The molecule has 0 bridgehead atoms. The number of nitrogens with one attached hydrogen (secondary N) is 1. The number of fused-ring (bicyclic) bond motifs is 1. The molecule has 4 rings (SSSR count). The Morgan fingerprint density at radius 2 is 1.78 bits per heavy atom. The van der Waals surface area contributed by atoms with Crippen molar-refractivity contribution in [2.45, 2.75) is 18.4 Å². The van der Waals surface area contributed by atoms with Crippen LogP contribution in [-0.2, 0) is 5.40 Å². The van der Waals surface area contributed by atoms with Gasteiger partial charge < -0.3 is 15.8 Å². The van der Waals surface area contributed by atoms with Crippen LogP contribution in [0.5, 0.6) is 5.75 Å². The number of benzene rings is 2. The van der Waals surface area contributed by atoms with E-state index in [-0.39, 0.29) is 29.2 Å². The molecule has 0 aliphatic heterocycles. The number of rotatable bonds is 7. The zero-order chi connectivity index (χ0) is 26.2. The Morgan fingerprint density at radius 3 is 2.42 bits per heavy atom. The summed E-state index contributed by atoms with van der Waals surface area (Å²) in [7, 11) is 3.05. The Morgan fingerprint density at radius 1 is 1.08 bits per heavy atom. The molecule has 1 unspecified atom stereocenters. The molecule has 0 saturated carbocycles. The summed E-state index contributed by atoms with van der Waals surface area (Å²) < 4.78 is 63.4. The van der Waals surface area contributed by atoms with Crippen molar-refractivity contribution in [3.8, 4) is 5.75 Å². The minimum Gasteiger partial charge on any atom is -0.497 e. The van der Waals surface area contributed by atoms with E-state index in [9.17, 15) is 22.4 Å². The van der Waals surface area contributed by atoms with Crippen molar-refractivity contribution < 1.29 is 27.1 Å². The zero-order valence-corrected chi connectivity index (χ0v) is 19.8. The number of aromatic nitrogens is 2. The van der Waals surface area contributed by atoms with Crippen molar-refractivity contribution in [3.05, 3.63) is 101 Å². The maximum Gasteiger partial charge on any atom is 0.270 e. The lowest BCUT2D eigenvalue weighted by atomic mass is 9.60. The highest BCUT2D eigenvalue weighted by Gasteiger charge is 2.31. The zero-order valence-electron chi connectivity index (χ0n) is 19.8. The average molecular weight is 496 g/mol. The van der Waals surface area contributed by atoms with Gasteiger partial charge in [0.2, 0.25) is 0 Å². The number of pyridine rings is 1. The summed E-state index contributed by atoms with van der Waals surface area (Å²) in [6, 6.07) is 9.22. The van der Waals surface area contributed by atoms with E-state index >= 15 is 0 Å². The fourth-order valence-electron chi connectivity index (χ4n) is 4.14. The quantitative estimate of drug-likeness (QED) is 0.304. The number of nitrogens with zero attached hydrogens (tertiary/aromatic N) is 2. The highest BCUT2D eigenvalue weighted by Crippen LogP contribution is 2.30. The van der Waals surface area contributed by atoms with Crippen LogP contribution in [0, 0.1) is 30.2 Å². The Balaban J connectivity index is 1.68. The third-order valence-electron chi connectivity index (χ3n) is 5.82. The van der Waals surface area contributed by atoms with Crippen molar-refractivity contribution >= 4 is 27.2 Å². The van der Waals surface area contributed by atoms with Crippen molar-refractivity contribution in [2.24, 2.45) is 5.73 Å². The van der Waals surface area contributed by atoms with Gasteiger partial charge >= 0.3 is 0 Å². The van der Waals surface area contributed by atoms with Gasteiger partial charge in [-0.15, -0.1) is 0 Å². The molecular formula is C24H22B2F4N4O2. The number of imidazole rings is 1. The topological polar surface area (TPSA) is 81.7 Å². The van der Waals surface area contributed by atoms with E-state index in [2.05, 4.69) is 10.3 Å². The lowest BCUT2D eigenvalue weighted by molar-refractivity contribution is 0.0931. The number of carbonyl (C=O) groups is 1. The SMILES string of the molecule is BC(B)(Oc1cccn2c(C(=O)NC(CN)c3ccc(F)c(F)c3)c(C)nc12)c1c(F)cccc1F. The molecule has 2 aromatic heterocycles. The summed E-state index contributed by atoms with van der Waals surface area (Å²) in [6.07, 6.45) is 1.59. The van der Waals surface area contributed by atoms with Crippen LogP contribution in [0.2, 0.25) is 0 Å². The molecule has 4 aromatic rings. The fourth-order valence-corrected chi connectivity index (χ4v) is 4.14. The smallest absolute Gasteiger partial charge is 0.270 e. The lowest BCUT2D eigenvalue weighted by Gasteiger charge is -2.28. The highest BCUT2D eigenvalue weighted by molar-refractivity contribution is 6.39. The summed E-state index contributed by atoms with van der Waals surface area (Å²) in [6.45, 7) is 1.55. The second-order valence-corrected chi connectivity index (χ2v) is 8.76. The first-order chi connectivity index (χ1) is 17.0. The third kappa shape index (κ3) is 4.68. The normalized spacial score (nSPS) is 12.5. The molecule has 12 heteroatoms. The van der Waals surface area contributed by atoms with Crippen LogP contribution in [0.3, 0.4) is 0 Å². The van der Waals surface area contributed by atoms with E-state index in [4.69, 9.17) is 10.5 Å². The van der Waals surface area contributed by atoms with E-state index < -0.39 is 40.6 Å². The largest absolute Gasteiger partial charge is 0.497 e. The molecule has 0 fully saturated rings. The van der Waals surface area contributed by atoms with E-state index in [0.717, 1.165) is 24.3 Å². The molecule has 184 valence electrons. The van der Waals surface area contributed by atoms with Gasteiger partial charge in [-0.05, 0) is 48.9 Å². The van der Waals surface area contributed by atoms with Crippen LogP contribution in [0.4, 0.5) is 17.6 Å². The van der Waals surface area contributed by atoms with Gasteiger partial charge in [0, 0.05) is 18.3 Å². The van der Waals surface area contributed by atoms with E-state index in [1.165, 1.54) is 32.2 Å². The van der Waals surface area contributed by atoms with Gasteiger partial charge in [-0.2, -0.15) is 0 Å². The summed E-state index contributed by atoms with van der Waals surface area (Å²) >= 11 is 0. The molecule has 2 aromatic carbocycles. The molecule has 0 aliphatic carbocycles. The molecule has 3 N–H and O–H groups in total.